The summed E-state index contributed by atoms with van der Waals surface area (Å²) < 4.78 is 0. The van der Waals surface area contributed by atoms with E-state index in [1.54, 1.807) is 32.0 Å². The molecule has 1 heterocycles. The average molecular weight is 353 g/mol. The summed E-state index contributed by atoms with van der Waals surface area (Å²) in [5.41, 5.74) is 2.13. The van der Waals surface area contributed by atoms with Crippen LogP contribution in [-0.2, 0) is 0 Å². The van der Waals surface area contributed by atoms with Crippen molar-refractivity contribution in [1.29, 1.82) is 0 Å². The molecule has 0 aromatic heterocycles. The van der Waals surface area contributed by atoms with Gasteiger partial charge in [-0.25, -0.2) is 4.79 Å². The van der Waals surface area contributed by atoms with Crippen LogP contribution in [0.15, 0.2) is 36.4 Å². The second-order valence-corrected chi connectivity index (χ2v) is 6.43. The highest BCUT2D eigenvalue weighted by molar-refractivity contribution is 6.22. The van der Waals surface area contributed by atoms with Crippen molar-refractivity contribution < 1.29 is 19.5 Å². The van der Waals surface area contributed by atoms with Crippen LogP contribution in [0.25, 0.3) is 0 Å². The molecule has 134 valence electrons. The molecular formula is C19H19N3O4. The zero-order chi connectivity index (χ0) is 19.0. The first-order valence-electron chi connectivity index (χ1n) is 8.17. The minimum atomic E-state index is -0.566. The van der Waals surface area contributed by atoms with E-state index < -0.39 is 6.03 Å². The van der Waals surface area contributed by atoms with Gasteiger partial charge in [0.05, 0.1) is 16.8 Å². The fourth-order valence-electron chi connectivity index (χ4n) is 2.84. The lowest BCUT2D eigenvalue weighted by molar-refractivity contribution is 0.0609. The lowest BCUT2D eigenvalue weighted by atomic mass is 10.1. The molecule has 0 radical (unpaired) electrons. The molecule has 1 aliphatic rings. The molecule has 0 aliphatic carbocycles. The maximum absolute atomic E-state index is 12.4. The molecule has 0 saturated carbocycles. The summed E-state index contributed by atoms with van der Waals surface area (Å²) in [6, 6.07) is 8.61. The highest BCUT2D eigenvalue weighted by Gasteiger charge is 2.37. The van der Waals surface area contributed by atoms with E-state index in [0.29, 0.717) is 11.3 Å². The quantitative estimate of drug-likeness (QED) is 0.582. The molecule has 0 saturated heterocycles. The first kappa shape index (κ1) is 17.5. The van der Waals surface area contributed by atoms with Crippen LogP contribution >= 0.6 is 0 Å². The molecule has 3 N–H and O–H groups in total. The lowest BCUT2D eigenvalue weighted by Crippen LogP contribution is -2.35. The average Bonchev–Trinajstić information content (AvgIpc) is 2.82. The Balaban J connectivity index is 1.78. The number of aryl methyl sites for hydroxylation is 1. The van der Waals surface area contributed by atoms with E-state index in [-0.39, 0.29) is 34.9 Å². The molecule has 2 aromatic carbocycles. The largest absolute Gasteiger partial charge is 0.506 e. The lowest BCUT2D eigenvalue weighted by Gasteiger charge is -2.17. The van der Waals surface area contributed by atoms with E-state index in [1.807, 2.05) is 6.92 Å². The molecule has 3 rings (SSSR count). The van der Waals surface area contributed by atoms with Gasteiger partial charge in [0.25, 0.3) is 11.8 Å². The molecule has 2 aromatic rings. The number of nitrogens with zero attached hydrogens (tertiary/aromatic N) is 1. The minimum absolute atomic E-state index is 0.0481. The smallest absolute Gasteiger partial charge is 0.323 e. The molecule has 0 spiro atoms. The Hall–Kier alpha value is -3.35. The molecule has 0 fully saturated rings. The van der Waals surface area contributed by atoms with E-state index >= 15 is 0 Å². The van der Waals surface area contributed by atoms with E-state index in [0.717, 1.165) is 5.56 Å². The minimum Gasteiger partial charge on any atom is -0.506 e. The normalized spacial score (nSPS) is 13.2. The Morgan fingerprint density at radius 1 is 1.00 bits per heavy atom. The van der Waals surface area contributed by atoms with E-state index in [1.165, 1.54) is 23.1 Å². The van der Waals surface area contributed by atoms with Gasteiger partial charge < -0.3 is 15.7 Å². The Labute approximate surface area is 150 Å². The van der Waals surface area contributed by atoms with Gasteiger partial charge in [-0.2, -0.15) is 0 Å². The molecule has 7 nitrogen and oxygen atoms in total. The summed E-state index contributed by atoms with van der Waals surface area (Å²) in [5, 5.41) is 14.9. The number of hydrogen-bond acceptors (Lipinski definition) is 4. The van der Waals surface area contributed by atoms with Crippen molar-refractivity contribution in [2.75, 3.05) is 10.6 Å². The van der Waals surface area contributed by atoms with Crippen LogP contribution in [0.5, 0.6) is 5.75 Å². The number of rotatable bonds is 3. The highest BCUT2D eigenvalue weighted by Crippen LogP contribution is 2.28. The molecule has 1 aliphatic heterocycles. The number of amides is 4. The fourth-order valence-corrected chi connectivity index (χ4v) is 2.84. The van der Waals surface area contributed by atoms with Crippen LogP contribution in [0.4, 0.5) is 16.2 Å². The van der Waals surface area contributed by atoms with Gasteiger partial charge in [-0.1, -0.05) is 6.07 Å². The summed E-state index contributed by atoms with van der Waals surface area (Å²) in [7, 11) is 0. The standard InChI is InChI=1S/C19H19N3O4/c1-10(2)22-17(24)13-6-5-12(9-14(13)18(22)25)20-19(26)21-15-8-11(3)4-7-16(15)23/h4-10,23H,1-3H3,(H2,20,21,26). The van der Waals surface area contributed by atoms with Gasteiger partial charge in [-0.15, -0.1) is 0 Å². The second kappa shape index (κ2) is 6.51. The monoisotopic (exact) mass is 353 g/mol. The Morgan fingerprint density at radius 3 is 2.38 bits per heavy atom. The van der Waals surface area contributed by atoms with Gasteiger partial charge in [0.2, 0.25) is 0 Å². The van der Waals surface area contributed by atoms with Crippen molar-refractivity contribution in [3.8, 4) is 5.75 Å². The van der Waals surface area contributed by atoms with Crippen LogP contribution in [0.3, 0.4) is 0 Å². The van der Waals surface area contributed by atoms with Gasteiger partial charge in [0.15, 0.2) is 0 Å². The number of carbonyl (C=O) groups is 3. The third-order valence-corrected chi connectivity index (χ3v) is 4.09. The fraction of sp³-hybridized carbons (Fsp3) is 0.211. The van der Waals surface area contributed by atoms with E-state index in [4.69, 9.17) is 0 Å². The van der Waals surface area contributed by atoms with Crippen molar-refractivity contribution in [1.82, 2.24) is 4.90 Å². The van der Waals surface area contributed by atoms with Gasteiger partial charge in [-0.3, -0.25) is 14.5 Å². The van der Waals surface area contributed by atoms with Crippen molar-refractivity contribution >= 4 is 29.2 Å². The van der Waals surface area contributed by atoms with Gasteiger partial charge in [0.1, 0.15) is 5.75 Å². The Kier molecular flexibility index (Phi) is 4.38. The number of fused-ring (bicyclic) bond motifs is 1. The molecule has 0 unspecified atom stereocenters. The predicted molar refractivity (Wildman–Crippen MR) is 97.6 cm³/mol. The predicted octanol–water partition coefficient (Wildman–Crippen LogP) is 3.35. The Bertz CT molecular complexity index is 921. The van der Waals surface area contributed by atoms with Crippen LogP contribution in [0.2, 0.25) is 0 Å². The number of hydrogen-bond donors (Lipinski definition) is 3. The maximum atomic E-state index is 12.4. The van der Waals surface area contributed by atoms with Crippen molar-refractivity contribution in [2.45, 2.75) is 26.8 Å². The number of nitrogens with one attached hydrogen (secondary N) is 2. The highest BCUT2D eigenvalue weighted by atomic mass is 16.3. The number of aromatic hydroxyl groups is 1. The van der Waals surface area contributed by atoms with E-state index in [9.17, 15) is 19.5 Å². The van der Waals surface area contributed by atoms with Crippen LogP contribution < -0.4 is 10.6 Å². The molecule has 4 amide bonds. The number of imide groups is 1. The van der Waals surface area contributed by atoms with Crippen molar-refractivity contribution in [3.05, 3.63) is 53.1 Å². The maximum Gasteiger partial charge on any atom is 0.323 e. The number of phenolic OH excluding ortho intramolecular Hbond substituents is 1. The van der Waals surface area contributed by atoms with Crippen LogP contribution in [0.1, 0.15) is 40.1 Å². The van der Waals surface area contributed by atoms with E-state index in [2.05, 4.69) is 10.6 Å². The second-order valence-electron chi connectivity index (χ2n) is 6.43. The van der Waals surface area contributed by atoms with Gasteiger partial charge in [0, 0.05) is 11.7 Å². The van der Waals surface area contributed by atoms with Crippen LogP contribution in [-0.4, -0.2) is 33.9 Å². The zero-order valence-corrected chi connectivity index (χ0v) is 14.7. The topological polar surface area (TPSA) is 98.7 Å². The summed E-state index contributed by atoms with van der Waals surface area (Å²) in [4.78, 5) is 38.0. The molecular weight excluding hydrogens is 334 g/mol. The summed E-state index contributed by atoms with van der Waals surface area (Å²) in [5.74, 6) is -0.755. The first-order valence-corrected chi connectivity index (χ1v) is 8.17. The number of benzene rings is 2. The third-order valence-electron chi connectivity index (χ3n) is 4.09. The number of carbonyl (C=O) groups excluding carboxylic acids is 3. The molecule has 0 atom stereocenters. The number of anilines is 2. The summed E-state index contributed by atoms with van der Waals surface area (Å²) >= 11 is 0. The summed E-state index contributed by atoms with van der Waals surface area (Å²) in [6.07, 6.45) is 0. The van der Waals surface area contributed by atoms with Crippen molar-refractivity contribution in [3.63, 3.8) is 0 Å². The van der Waals surface area contributed by atoms with Crippen molar-refractivity contribution in [2.24, 2.45) is 0 Å². The zero-order valence-electron chi connectivity index (χ0n) is 14.7. The molecule has 26 heavy (non-hydrogen) atoms. The SMILES string of the molecule is Cc1ccc(O)c(NC(=O)Nc2ccc3c(c2)C(=O)N(C(C)C)C3=O)c1. The van der Waals surface area contributed by atoms with Crippen LogP contribution in [0, 0.1) is 6.92 Å². The Morgan fingerprint density at radius 2 is 1.69 bits per heavy atom. The molecule has 7 heteroatoms. The summed E-state index contributed by atoms with van der Waals surface area (Å²) in [6.45, 7) is 5.37. The number of phenols is 1. The first-order chi connectivity index (χ1) is 12.3. The third kappa shape index (κ3) is 3.11. The van der Waals surface area contributed by atoms with Gasteiger partial charge in [-0.05, 0) is 56.7 Å². The molecule has 0 bridgehead atoms. The number of urea groups is 1. The van der Waals surface area contributed by atoms with Gasteiger partial charge >= 0.3 is 6.03 Å².